The molecule has 1 rings (SSSR count). The van der Waals surface area contributed by atoms with Crippen LogP contribution in [0.5, 0.6) is 0 Å². The number of guanidine groups is 1. The lowest BCUT2D eigenvalue weighted by Crippen LogP contribution is -2.36. The highest BCUT2D eigenvalue weighted by atomic mass is 16.2. The molecule has 0 saturated heterocycles. The molecule has 5 N–H and O–H groups in total. The van der Waals surface area contributed by atoms with E-state index in [9.17, 15) is 4.79 Å². The summed E-state index contributed by atoms with van der Waals surface area (Å²) in [6.07, 6.45) is 0.821. The summed E-state index contributed by atoms with van der Waals surface area (Å²) in [6, 6.07) is 5.31. The van der Waals surface area contributed by atoms with Gasteiger partial charge >= 0.3 is 0 Å². The Bertz CT molecular complexity index is 486. The first-order chi connectivity index (χ1) is 9.36. The first-order valence-electron chi connectivity index (χ1n) is 6.82. The molecule has 0 fully saturated rings. The average Bonchev–Trinajstić information content (AvgIpc) is 2.39. The number of rotatable bonds is 5. The van der Waals surface area contributed by atoms with Crippen molar-refractivity contribution in [3.05, 3.63) is 29.3 Å². The van der Waals surface area contributed by atoms with E-state index < -0.39 is 6.04 Å². The minimum absolute atomic E-state index is 0.0630. The first kappa shape index (κ1) is 16.0. The quantitative estimate of drug-likeness (QED) is 0.566. The van der Waals surface area contributed by atoms with Crippen LogP contribution >= 0.6 is 0 Å². The monoisotopic (exact) mass is 276 g/mol. The van der Waals surface area contributed by atoms with Crippen molar-refractivity contribution in [3.8, 4) is 0 Å². The lowest BCUT2D eigenvalue weighted by molar-refractivity contribution is -0.118. The van der Waals surface area contributed by atoms with Crippen LogP contribution in [-0.2, 0) is 4.79 Å². The zero-order chi connectivity index (χ0) is 15.3. The molecule has 0 heterocycles. The van der Waals surface area contributed by atoms with Gasteiger partial charge in [-0.05, 0) is 30.9 Å². The molecule has 5 nitrogen and oxygen atoms in total. The second-order valence-electron chi connectivity index (χ2n) is 5.14. The molecule has 0 aliphatic carbocycles. The molecule has 0 aliphatic rings. The van der Waals surface area contributed by atoms with Crippen molar-refractivity contribution < 1.29 is 4.79 Å². The van der Waals surface area contributed by atoms with Crippen LogP contribution in [0.15, 0.2) is 23.2 Å². The number of nitrogens with zero attached hydrogens (tertiary/aromatic N) is 1. The van der Waals surface area contributed by atoms with Crippen molar-refractivity contribution >= 4 is 17.6 Å². The van der Waals surface area contributed by atoms with Crippen LogP contribution < -0.4 is 16.8 Å². The number of hydrogen-bond donors (Lipinski definition) is 3. The molecule has 110 valence electrons. The Morgan fingerprint density at radius 2 is 1.85 bits per heavy atom. The van der Waals surface area contributed by atoms with Crippen LogP contribution in [0, 0.1) is 19.8 Å². The van der Waals surface area contributed by atoms with E-state index >= 15 is 0 Å². The third kappa shape index (κ3) is 3.98. The Kier molecular flexibility index (Phi) is 5.55. The second kappa shape index (κ2) is 6.93. The summed E-state index contributed by atoms with van der Waals surface area (Å²) in [4.78, 5) is 16.5. The average molecular weight is 276 g/mol. The highest BCUT2D eigenvalue weighted by Gasteiger charge is 2.24. The van der Waals surface area contributed by atoms with Crippen LogP contribution in [0.25, 0.3) is 0 Å². The summed E-state index contributed by atoms with van der Waals surface area (Å²) in [6.45, 7) is 7.89. The second-order valence-corrected chi connectivity index (χ2v) is 5.14. The van der Waals surface area contributed by atoms with E-state index in [1.54, 1.807) is 0 Å². The van der Waals surface area contributed by atoms with E-state index in [1.165, 1.54) is 0 Å². The van der Waals surface area contributed by atoms with Crippen LogP contribution in [0.2, 0.25) is 0 Å². The van der Waals surface area contributed by atoms with E-state index in [4.69, 9.17) is 11.5 Å². The smallest absolute Gasteiger partial charge is 0.249 e. The zero-order valence-corrected chi connectivity index (χ0v) is 12.6. The molecule has 1 amide bonds. The molecular formula is C15H24N4O. The molecule has 0 saturated carbocycles. The number of para-hydroxylation sites is 1. The number of carbonyl (C=O) groups excluding carboxylic acids is 1. The van der Waals surface area contributed by atoms with E-state index in [0.717, 1.165) is 23.2 Å². The molecule has 0 spiro atoms. The fourth-order valence-corrected chi connectivity index (χ4v) is 2.04. The van der Waals surface area contributed by atoms with Crippen molar-refractivity contribution in [2.24, 2.45) is 22.4 Å². The van der Waals surface area contributed by atoms with Gasteiger partial charge in [0.1, 0.15) is 6.04 Å². The van der Waals surface area contributed by atoms with Crippen molar-refractivity contribution in [2.75, 3.05) is 5.32 Å². The minimum Gasteiger partial charge on any atom is -0.370 e. The summed E-state index contributed by atoms with van der Waals surface area (Å²) < 4.78 is 0. The summed E-state index contributed by atoms with van der Waals surface area (Å²) in [7, 11) is 0. The van der Waals surface area contributed by atoms with Crippen molar-refractivity contribution in [1.82, 2.24) is 0 Å². The first-order valence-corrected chi connectivity index (χ1v) is 6.82. The van der Waals surface area contributed by atoms with Gasteiger partial charge in [-0.25, -0.2) is 4.99 Å². The van der Waals surface area contributed by atoms with Gasteiger partial charge in [-0.1, -0.05) is 38.5 Å². The molecule has 1 aromatic carbocycles. The number of carbonyl (C=O) groups is 1. The molecule has 1 aromatic rings. The van der Waals surface area contributed by atoms with E-state index in [2.05, 4.69) is 10.3 Å². The molecule has 0 bridgehead atoms. The molecule has 2 atom stereocenters. The number of nitrogens with one attached hydrogen (secondary N) is 1. The van der Waals surface area contributed by atoms with Gasteiger partial charge in [0.15, 0.2) is 5.96 Å². The molecule has 0 radical (unpaired) electrons. The Morgan fingerprint density at radius 1 is 1.30 bits per heavy atom. The van der Waals surface area contributed by atoms with Gasteiger partial charge < -0.3 is 16.8 Å². The summed E-state index contributed by atoms with van der Waals surface area (Å²) in [5, 5.41) is 2.94. The molecule has 0 aliphatic heterocycles. The van der Waals surface area contributed by atoms with Crippen molar-refractivity contribution in [1.29, 1.82) is 0 Å². The Balaban J connectivity index is 3.00. The summed E-state index contributed by atoms with van der Waals surface area (Å²) >= 11 is 0. The van der Waals surface area contributed by atoms with Crippen LogP contribution in [0.3, 0.4) is 0 Å². The normalized spacial score (nSPS) is 13.4. The molecule has 5 heteroatoms. The van der Waals surface area contributed by atoms with Crippen LogP contribution in [-0.4, -0.2) is 17.9 Å². The standard InChI is InChI=1S/C15H24N4O/c1-5-9(2)13(19-15(16)17)14(20)18-12-10(3)7-6-8-11(12)4/h6-9,13H,5H2,1-4H3,(H,18,20)(H4,16,17,19)/t9?,13-/m0/s1. The largest absolute Gasteiger partial charge is 0.370 e. The van der Waals surface area contributed by atoms with Crippen LogP contribution in [0.4, 0.5) is 5.69 Å². The van der Waals surface area contributed by atoms with Gasteiger partial charge in [0.05, 0.1) is 0 Å². The highest BCUT2D eigenvalue weighted by Crippen LogP contribution is 2.21. The number of nitrogens with two attached hydrogens (primary N) is 2. The minimum atomic E-state index is -0.566. The van der Waals surface area contributed by atoms with Crippen molar-refractivity contribution in [3.63, 3.8) is 0 Å². The van der Waals surface area contributed by atoms with Gasteiger partial charge in [0.25, 0.3) is 0 Å². The number of aryl methyl sites for hydroxylation is 2. The topological polar surface area (TPSA) is 93.5 Å². The van der Waals surface area contributed by atoms with Crippen LogP contribution in [0.1, 0.15) is 31.4 Å². The zero-order valence-electron chi connectivity index (χ0n) is 12.6. The fourth-order valence-electron chi connectivity index (χ4n) is 2.04. The highest BCUT2D eigenvalue weighted by molar-refractivity contribution is 5.97. The van der Waals surface area contributed by atoms with Gasteiger partial charge in [0, 0.05) is 5.69 Å². The predicted octanol–water partition coefficient (Wildman–Crippen LogP) is 1.93. The number of amides is 1. The van der Waals surface area contributed by atoms with E-state index in [0.29, 0.717) is 0 Å². The summed E-state index contributed by atoms with van der Waals surface area (Å²) in [5.41, 5.74) is 13.7. The third-order valence-electron chi connectivity index (χ3n) is 3.47. The van der Waals surface area contributed by atoms with E-state index in [-0.39, 0.29) is 17.8 Å². The predicted molar refractivity (Wildman–Crippen MR) is 83.6 cm³/mol. The maximum Gasteiger partial charge on any atom is 0.249 e. The maximum atomic E-state index is 12.4. The number of aliphatic imine (C=N–C) groups is 1. The maximum absolute atomic E-state index is 12.4. The fraction of sp³-hybridized carbons (Fsp3) is 0.467. The Morgan fingerprint density at radius 3 is 2.30 bits per heavy atom. The Labute approximate surface area is 120 Å². The van der Waals surface area contributed by atoms with Gasteiger partial charge in [0.2, 0.25) is 5.91 Å². The molecule has 0 aromatic heterocycles. The Hall–Kier alpha value is -2.04. The third-order valence-corrected chi connectivity index (χ3v) is 3.47. The summed E-state index contributed by atoms with van der Waals surface area (Å²) in [5.74, 6) is -0.168. The van der Waals surface area contributed by atoms with Gasteiger partial charge in [-0.2, -0.15) is 0 Å². The number of hydrogen-bond acceptors (Lipinski definition) is 2. The van der Waals surface area contributed by atoms with Gasteiger partial charge in [-0.15, -0.1) is 0 Å². The number of benzene rings is 1. The van der Waals surface area contributed by atoms with E-state index in [1.807, 2.05) is 45.9 Å². The SMILES string of the molecule is CCC(C)[C@H](N=C(N)N)C(=O)Nc1c(C)cccc1C. The molecular weight excluding hydrogens is 252 g/mol. The number of anilines is 1. The van der Waals surface area contributed by atoms with Crippen molar-refractivity contribution in [2.45, 2.75) is 40.2 Å². The van der Waals surface area contributed by atoms with Gasteiger partial charge in [-0.3, -0.25) is 4.79 Å². The molecule has 1 unspecified atom stereocenters. The molecule has 20 heavy (non-hydrogen) atoms. The lowest BCUT2D eigenvalue weighted by Gasteiger charge is -2.20. The lowest BCUT2D eigenvalue weighted by atomic mass is 9.98.